The molecule has 0 aliphatic heterocycles. The van der Waals surface area contributed by atoms with E-state index < -0.39 is 4.92 Å². The molecule has 0 aliphatic rings. The number of anilines is 1. The number of amides is 1. The molecule has 104 valence electrons. The first kappa shape index (κ1) is 15.1. The summed E-state index contributed by atoms with van der Waals surface area (Å²) in [6, 6.07) is 0. The number of aromatic nitrogens is 2. The van der Waals surface area contributed by atoms with Crippen molar-refractivity contribution in [3.63, 3.8) is 0 Å². The van der Waals surface area contributed by atoms with E-state index in [-0.39, 0.29) is 34.8 Å². The van der Waals surface area contributed by atoms with Crippen LogP contribution in [0.3, 0.4) is 0 Å². The van der Waals surface area contributed by atoms with Gasteiger partial charge in [0.05, 0.1) is 4.92 Å². The second-order valence-electron chi connectivity index (χ2n) is 3.88. The summed E-state index contributed by atoms with van der Waals surface area (Å²) in [7, 11) is 0. The fourth-order valence-electron chi connectivity index (χ4n) is 1.51. The minimum atomic E-state index is -0.558. The van der Waals surface area contributed by atoms with Crippen LogP contribution in [0.25, 0.3) is 0 Å². The Labute approximate surface area is 114 Å². The molecule has 0 fully saturated rings. The number of hydrogen-bond donors (Lipinski definition) is 2. The number of carbonyl (C=O) groups is 1. The van der Waals surface area contributed by atoms with Crippen molar-refractivity contribution in [2.24, 2.45) is 5.73 Å². The standard InChI is InChI=1S/C10H14ClN5O3/c1-6-8(16(18)19)9(15-10(11)14-6)13-5-3-2-4-7(12)17/h2-5H2,1H3,(H2,12,17)(H,13,14,15). The number of primary amides is 1. The molecular formula is C10H14ClN5O3. The molecule has 0 bridgehead atoms. The molecule has 3 N–H and O–H groups in total. The molecule has 8 nitrogen and oxygen atoms in total. The number of nitrogens with two attached hydrogens (primary N) is 1. The highest BCUT2D eigenvalue weighted by molar-refractivity contribution is 6.28. The van der Waals surface area contributed by atoms with Gasteiger partial charge in [0.15, 0.2) is 0 Å². The third-order valence-corrected chi connectivity index (χ3v) is 2.53. The Hall–Kier alpha value is -1.96. The van der Waals surface area contributed by atoms with Crippen LogP contribution in [0.4, 0.5) is 11.5 Å². The zero-order chi connectivity index (χ0) is 14.4. The van der Waals surface area contributed by atoms with Gasteiger partial charge in [0.2, 0.25) is 17.0 Å². The molecule has 0 spiro atoms. The normalized spacial score (nSPS) is 10.2. The van der Waals surface area contributed by atoms with Gasteiger partial charge < -0.3 is 11.1 Å². The number of carbonyl (C=O) groups excluding carboxylic acids is 1. The van der Waals surface area contributed by atoms with Crippen LogP contribution in [-0.4, -0.2) is 27.3 Å². The first-order valence-corrected chi connectivity index (χ1v) is 6.00. The van der Waals surface area contributed by atoms with Crippen LogP contribution in [-0.2, 0) is 4.79 Å². The maximum atomic E-state index is 10.9. The van der Waals surface area contributed by atoms with Crippen LogP contribution in [0.2, 0.25) is 5.28 Å². The van der Waals surface area contributed by atoms with Crippen LogP contribution in [0.1, 0.15) is 25.0 Å². The molecule has 0 saturated heterocycles. The van der Waals surface area contributed by atoms with Crippen molar-refractivity contribution in [2.75, 3.05) is 11.9 Å². The van der Waals surface area contributed by atoms with Crippen molar-refractivity contribution in [1.29, 1.82) is 0 Å². The van der Waals surface area contributed by atoms with Crippen molar-refractivity contribution in [2.45, 2.75) is 26.2 Å². The van der Waals surface area contributed by atoms with Gasteiger partial charge >= 0.3 is 5.69 Å². The minimum absolute atomic E-state index is 0.0530. The topological polar surface area (TPSA) is 124 Å². The SMILES string of the molecule is Cc1nc(Cl)nc(NCCCCC(N)=O)c1[N+](=O)[O-]. The molecule has 1 amide bonds. The van der Waals surface area contributed by atoms with Gasteiger partial charge in [-0.3, -0.25) is 14.9 Å². The average Bonchev–Trinajstić information content (AvgIpc) is 2.26. The van der Waals surface area contributed by atoms with Gasteiger partial charge in [-0.05, 0) is 31.4 Å². The Morgan fingerprint density at radius 1 is 1.47 bits per heavy atom. The van der Waals surface area contributed by atoms with Gasteiger partial charge in [-0.15, -0.1) is 0 Å². The first-order valence-electron chi connectivity index (χ1n) is 5.62. The summed E-state index contributed by atoms with van der Waals surface area (Å²) in [6.07, 6.45) is 1.53. The van der Waals surface area contributed by atoms with Crippen LogP contribution in [0.15, 0.2) is 0 Å². The highest BCUT2D eigenvalue weighted by Gasteiger charge is 2.21. The number of hydrogen-bond acceptors (Lipinski definition) is 6. The third-order valence-electron chi connectivity index (χ3n) is 2.36. The zero-order valence-corrected chi connectivity index (χ0v) is 11.1. The molecule has 1 aromatic heterocycles. The van der Waals surface area contributed by atoms with Crippen molar-refractivity contribution in [3.05, 3.63) is 21.1 Å². The summed E-state index contributed by atoms with van der Waals surface area (Å²) in [5.41, 5.74) is 5.01. The average molecular weight is 288 g/mol. The molecule has 0 saturated carbocycles. The summed E-state index contributed by atoms with van der Waals surface area (Å²) in [6.45, 7) is 1.92. The van der Waals surface area contributed by atoms with E-state index in [0.717, 1.165) is 0 Å². The van der Waals surface area contributed by atoms with Crippen LogP contribution in [0, 0.1) is 17.0 Å². The predicted molar refractivity (Wildman–Crippen MR) is 70.0 cm³/mol. The quantitative estimate of drug-likeness (QED) is 0.338. The molecule has 19 heavy (non-hydrogen) atoms. The lowest BCUT2D eigenvalue weighted by molar-refractivity contribution is -0.385. The summed E-state index contributed by atoms with van der Waals surface area (Å²) in [4.78, 5) is 28.4. The van der Waals surface area contributed by atoms with Crippen LogP contribution in [0.5, 0.6) is 0 Å². The van der Waals surface area contributed by atoms with E-state index in [1.54, 1.807) is 0 Å². The number of aryl methyl sites for hydroxylation is 1. The number of rotatable bonds is 7. The Balaban J connectivity index is 2.67. The Morgan fingerprint density at radius 2 is 2.16 bits per heavy atom. The summed E-state index contributed by atoms with van der Waals surface area (Å²) < 4.78 is 0. The summed E-state index contributed by atoms with van der Waals surface area (Å²) in [5, 5.41) is 13.7. The van der Waals surface area contributed by atoms with E-state index in [1.165, 1.54) is 6.92 Å². The van der Waals surface area contributed by atoms with E-state index in [1.807, 2.05) is 0 Å². The molecule has 0 atom stereocenters. The van der Waals surface area contributed by atoms with Crippen LogP contribution < -0.4 is 11.1 Å². The van der Waals surface area contributed by atoms with E-state index in [2.05, 4.69) is 15.3 Å². The van der Waals surface area contributed by atoms with Gasteiger partial charge in [-0.1, -0.05) is 0 Å². The molecule has 0 aromatic carbocycles. The Kier molecular flexibility index (Phi) is 5.43. The third kappa shape index (κ3) is 4.66. The Morgan fingerprint density at radius 3 is 2.74 bits per heavy atom. The van der Waals surface area contributed by atoms with E-state index in [9.17, 15) is 14.9 Å². The number of halogens is 1. The monoisotopic (exact) mass is 287 g/mol. The van der Waals surface area contributed by atoms with E-state index >= 15 is 0 Å². The van der Waals surface area contributed by atoms with Crippen LogP contribution >= 0.6 is 11.6 Å². The second kappa shape index (κ2) is 6.83. The van der Waals surface area contributed by atoms with Crippen molar-refractivity contribution < 1.29 is 9.72 Å². The maximum Gasteiger partial charge on any atom is 0.332 e. The number of nitrogens with one attached hydrogen (secondary N) is 1. The van der Waals surface area contributed by atoms with Crippen molar-refractivity contribution in [1.82, 2.24) is 9.97 Å². The molecule has 9 heteroatoms. The summed E-state index contributed by atoms with van der Waals surface area (Å²) >= 11 is 5.66. The van der Waals surface area contributed by atoms with Gasteiger partial charge in [-0.2, -0.15) is 4.98 Å². The molecule has 0 aliphatic carbocycles. The highest BCUT2D eigenvalue weighted by atomic mass is 35.5. The maximum absolute atomic E-state index is 10.9. The number of unbranched alkanes of at least 4 members (excludes halogenated alkanes) is 1. The Bertz CT molecular complexity index is 494. The predicted octanol–water partition coefficient (Wildman–Crippen LogP) is 1.41. The fourth-order valence-corrected chi connectivity index (χ4v) is 1.72. The largest absolute Gasteiger partial charge is 0.370 e. The molecule has 1 aromatic rings. The fraction of sp³-hybridized carbons (Fsp3) is 0.500. The van der Waals surface area contributed by atoms with Crippen molar-refractivity contribution in [3.8, 4) is 0 Å². The van der Waals surface area contributed by atoms with Gasteiger partial charge in [0.25, 0.3) is 0 Å². The molecule has 1 heterocycles. The zero-order valence-electron chi connectivity index (χ0n) is 10.4. The van der Waals surface area contributed by atoms with Crippen molar-refractivity contribution >= 4 is 29.0 Å². The minimum Gasteiger partial charge on any atom is -0.370 e. The first-order chi connectivity index (χ1) is 8.91. The lowest BCUT2D eigenvalue weighted by Crippen LogP contribution is -2.12. The van der Waals surface area contributed by atoms with Gasteiger partial charge in [-0.25, -0.2) is 4.98 Å². The lowest BCUT2D eigenvalue weighted by Gasteiger charge is -2.07. The molecule has 1 rings (SSSR count). The van der Waals surface area contributed by atoms with E-state index in [4.69, 9.17) is 17.3 Å². The second-order valence-corrected chi connectivity index (χ2v) is 4.22. The highest BCUT2D eigenvalue weighted by Crippen LogP contribution is 2.26. The molecule has 0 unspecified atom stereocenters. The summed E-state index contributed by atoms with van der Waals surface area (Å²) in [5.74, 6) is -0.284. The van der Waals surface area contributed by atoms with Gasteiger partial charge in [0, 0.05) is 13.0 Å². The number of nitro groups is 1. The lowest BCUT2D eigenvalue weighted by atomic mass is 10.2. The number of nitrogens with zero attached hydrogens (tertiary/aromatic N) is 3. The van der Waals surface area contributed by atoms with E-state index in [0.29, 0.717) is 19.4 Å². The molecular weight excluding hydrogens is 274 g/mol. The smallest absolute Gasteiger partial charge is 0.332 e. The van der Waals surface area contributed by atoms with Gasteiger partial charge in [0.1, 0.15) is 5.69 Å². The molecule has 0 radical (unpaired) electrons.